The first-order valence-electron chi connectivity index (χ1n) is 5.80. The lowest BCUT2D eigenvalue weighted by Gasteiger charge is -2.01. The molecule has 0 aliphatic heterocycles. The number of fused-ring (bicyclic) bond motifs is 1. The van der Waals surface area contributed by atoms with Crippen LogP contribution in [0, 0.1) is 18.5 Å². The number of nitrogens with one attached hydrogen (secondary N) is 1. The highest BCUT2D eigenvalue weighted by Gasteiger charge is 2.08. The van der Waals surface area contributed by atoms with Gasteiger partial charge in [0.15, 0.2) is 5.65 Å². The number of benzene rings is 1. The highest BCUT2D eigenvalue weighted by molar-refractivity contribution is 7.71. The van der Waals surface area contributed by atoms with Gasteiger partial charge in [-0.25, -0.2) is 9.50 Å². The molecule has 0 bridgehead atoms. The number of H-pyrrole nitrogens is 1. The minimum atomic E-state index is 0.746. The molecule has 0 fully saturated rings. The van der Waals surface area contributed by atoms with E-state index < -0.39 is 0 Å². The second-order valence-corrected chi connectivity index (χ2v) is 4.87. The van der Waals surface area contributed by atoms with Crippen LogP contribution in [0.2, 0.25) is 0 Å². The van der Waals surface area contributed by atoms with Gasteiger partial charge in [-0.3, -0.25) is 5.10 Å². The van der Waals surface area contributed by atoms with Gasteiger partial charge < -0.3 is 0 Å². The highest BCUT2D eigenvalue weighted by atomic mass is 32.1. The molecule has 2 aromatic heterocycles. The summed E-state index contributed by atoms with van der Waals surface area (Å²) in [6.07, 6.45) is 1.95. The van der Waals surface area contributed by atoms with E-state index in [0.29, 0.717) is 0 Å². The highest BCUT2D eigenvalue weighted by Crippen LogP contribution is 2.23. The minimum Gasteiger partial charge on any atom is -0.298 e. The van der Waals surface area contributed by atoms with Crippen LogP contribution in [0.5, 0.6) is 0 Å². The fourth-order valence-corrected chi connectivity index (χ4v) is 2.35. The molecule has 90 valence electrons. The van der Waals surface area contributed by atoms with E-state index in [1.165, 1.54) is 5.56 Å². The average molecular weight is 255 g/mol. The summed E-state index contributed by atoms with van der Waals surface area (Å²) in [5.74, 6) is 0. The number of aromatic amines is 1. The van der Waals surface area contributed by atoms with E-state index in [1.54, 1.807) is 0 Å². The van der Waals surface area contributed by atoms with Crippen LogP contribution in [0.15, 0.2) is 36.5 Å². The van der Waals surface area contributed by atoms with Crippen LogP contribution >= 0.6 is 12.2 Å². The SMILES string of the molecule is Cc1ccc(-c2c[nH]n3c(=S)cc(C)nc23)cc1. The molecule has 3 aromatic rings. The van der Waals surface area contributed by atoms with Gasteiger partial charge in [0, 0.05) is 17.5 Å². The van der Waals surface area contributed by atoms with E-state index in [1.807, 2.05) is 23.7 Å². The Balaban J connectivity index is 2.30. The third-order valence-corrected chi connectivity index (χ3v) is 3.29. The lowest BCUT2D eigenvalue weighted by molar-refractivity contribution is 0.915. The Bertz CT molecular complexity index is 766. The molecule has 0 saturated carbocycles. The third-order valence-electron chi connectivity index (χ3n) is 2.99. The first-order chi connectivity index (χ1) is 8.65. The van der Waals surface area contributed by atoms with Crippen molar-refractivity contribution >= 4 is 17.9 Å². The van der Waals surface area contributed by atoms with Crippen molar-refractivity contribution in [2.24, 2.45) is 0 Å². The van der Waals surface area contributed by atoms with Gasteiger partial charge in [-0.15, -0.1) is 0 Å². The molecule has 1 N–H and O–H groups in total. The Morgan fingerprint density at radius 2 is 1.89 bits per heavy atom. The maximum Gasteiger partial charge on any atom is 0.162 e. The van der Waals surface area contributed by atoms with Crippen LogP contribution in [0.25, 0.3) is 16.8 Å². The Morgan fingerprint density at radius 1 is 1.17 bits per heavy atom. The second-order valence-electron chi connectivity index (χ2n) is 4.45. The van der Waals surface area contributed by atoms with Gasteiger partial charge in [0.2, 0.25) is 0 Å². The number of hydrogen-bond donors (Lipinski definition) is 1. The number of hydrogen-bond acceptors (Lipinski definition) is 2. The molecule has 0 aliphatic rings. The summed E-state index contributed by atoms with van der Waals surface area (Å²) in [6, 6.07) is 10.3. The molecule has 0 saturated heterocycles. The molecule has 0 atom stereocenters. The maximum atomic E-state index is 5.32. The van der Waals surface area contributed by atoms with E-state index in [9.17, 15) is 0 Å². The second kappa shape index (κ2) is 4.07. The van der Waals surface area contributed by atoms with Crippen molar-refractivity contribution in [1.82, 2.24) is 14.6 Å². The van der Waals surface area contributed by atoms with E-state index in [0.717, 1.165) is 27.1 Å². The van der Waals surface area contributed by atoms with Gasteiger partial charge in [-0.2, -0.15) is 0 Å². The van der Waals surface area contributed by atoms with E-state index in [4.69, 9.17) is 12.2 Å². The molecule has 4 heteroatoms. The summed E-state index contributed by atoms with van der Waals surface area (Å²) in [5.41, 5.74) is 5.29. The number of aromatic nitrogens is 3. The molecule has 0 aliphatic carbocycles. The zero-order valence-electron chi connectivity index (χ0n) is 10.3. The third kappa shape index (κ3) is 1.75. The van der Waals surface area contributed by atoms with Crippen LogP contribution in [-0.2, 0) is 0 Å². The summed E-state index contributed by atoms with van der Waals surface area (Å²) < 4.78 is 2.58. The molecule has 1 aromatic carbocycles. The number of nitrogens with zero attached hydrogens (tertiary/aromatic N) is 2. The molecule has 0 amide bonds. The Hall–Kier alpha value is -1.94. The predicted molar refractivity (Wildman–Crippen MR) is 75.3 cm³/mol. The van der Waals surface area contributed by atoms with E-state index in [-0.39, 0.29) is 0 Å². The van der Waals surface area contributed by atoms with Crippen LogP contribution < -0.4 is 0 Å². The summed E-state index contributed by atoms with van der Waals surface area (Å²) in [6.45, 7) is 4.04. The number of rotatable bonds is 1. The van der Waals surface area contributed by atoms with Crippen molar-refractivity contribution < 1.29 is 0 Å². The standard InChI is InChI=1S/C14H13N3S/c1-9-3-5-11(6-4-9)12-8-15-17-13(18)7-10(2)16-14(12)17/h3-8,15H,1-2H3. The molecule has 0 radical (unpaired) electrons. The summed E-state index contributed by atoms with van der Waals surface area (Å²) in [5, 5.41) is 3.15. The fraction of sp³-hybridized carbons (Fsp3) is 0.143. The lowest BCUT2D eigenvalue weighted by atomic mass is 10.1. The Labute approximate surface area is 110 Å². The van der Waals surface area contributed by atoms with Gasteiger partial charge in [0.25, 0.3) is 0 Å². The summed E-state index contributed by atoms with van der Waals surface area (Å²) >= 11 is 5.32. The number of aryl methyl sites for hydroxylation is 2. The zero-order chi connectivity index (χ0) is 12.7. The molecular weight excluding hydrogens is 242 g/mol. The van der Waals surface area contributed by atoms with Gasteiger partial charge in [0.05, 0.1) is 0 Å². The smallest absolute Gasteiger partial charge is 0.162 e. The van der Waals surface area contributed by atoms with Crippen molar-refractivity contribution in [2.45, 2.75) is 13.8 Å². The summed E-state index contributed by atoms with van der Waals surface area (Å²) in [7, 11) is 0. The van der Waals surface area contributed by atoms with Crippen molar-refractivity contribution in [1.29, 1.82) is 0 Å². The van der Waals surface area contributed by atoms with Crippen molar-refractivity contribution in [3.05, 3.63) is 52.4 Å². The van der Waals surface area contributed by atoms with Crippen LogP contribution in [-0.4, -0.2) is 14.6 Å². The largest absolute Gasteiger partial charge is 0.298 e. The van der Waals surface area contributed by atoms with Gasteiger partial charge >= 0.3 is 0 Å². The Kier molecular flexibility index (Phi) is 2.52. The zero-order valence-corrected chi connectivity index (χ0v) is 11.1. The molecule has 3 nitrogen and oxygen atoms in total. The topological polar surface area (TPSA) is 33.1 Å². The monoisotopic (exact) mass is 255 g/mol. The quantitative estimate of drug-likeness (QED) is 0.673. The predicted octanol–water partition coefficient (Wildman–Crippen LogP) is 3.68. The Morgan fingerprint density at radius 3 is 2.61 bits per heavy atom. The van der Waals surface area contributed by atoms with Gasteiger partial charge in [-0.1, -0.05) is 42.0 Å². The molecule has 18 heavy (non-hydrogen) atoms. The van der Waals surface area contributed by atoms with Crippen molar-refractivity contribution in [3.63, 3.8) is 0 Å². The fourth-order valence-electron chi connectivity index (χ4n) is 2.04. The average Bonchev–Trinajstić information content (AvgIpc) is 2.74. The van der Waals surface area contributed by atoms with Crippen LogP contribution in [0.4, 0.5) is 0 Å². The molecule has 2 heterocycles. The molecule has 3 rings (SSSR count). The van der Waals surface area contributed by atoms with Crippen molar-refractivity contribution in [2.75, 3.05) is 0 Å². The molecular formula is C14H13N3S. The van der Waals surface area contributed by atoms with E-state index in [2.05, 4.69) is 41.3 Å². The lowest BCUT2D eigenvalue weighted by Crippen LogP contribution is -1.94. The maximum absolute atomic E-state index is 5.32. The first-order valence-corrected chi connectivity index (χ1v) is 6.21. The molecule has 0 spiro atoms. The molecule has 0 unspecified atom stereocenters. The summed E-state index contributed by atoms with van der Waals surface area (Å²) in [4.78, 5) is 4.56. The van der Waals surface area contributed by atoms with Crippen LogP contribution in [0.3, 0.4) is 0 Å². The van der Waals surface area contributed by atoms with Gasteiger partial charge in [-0.05, 0) is 25.5 Å². The minimum absolute atomic E-state index is 0.746. The van der Waals surface area contributed by atoms with Crippen LogP contribution in [0.1, 0.15) is 11.3 Å². The first kappa shape index (κ1) is 11.2. The normalized spacial score (nSPS) is 11.0. The van der Waals surface area contributed by atoms with Gasteiger partial charge in [0.1, 0.15) is 4.64 Å². The van der Waals surface area contributed by atoms with Crippen molar-refractivity contribution in [3.8, 4) is 11.1 Å². The van der Waals surface area contributed by atoms with E-state index >= 15 is 0 Å².